The van der Waals surface area contributed by atoms with E-state index in [2.05, 4.69) is 43.5 Å². The monoisotopic (exact) mass is 1270 g/mol. The van der Waals surface area contributed by atoms with Crippen LogP contribution in [0.5, 0.6) is 0 Å². The van der Waals surface area contributed by atoms with E-state index in [1.54, 1.807) is 0 Å². The summed E-state index contributed by atoms with van der Waals surface area (Å²) in [4.78, 5) is 24.7. The molecule has 0 saturated carbocycles. The molecule has 0 aromatic rings. The van der Waals surface area contributed by atoms with Crippen LogP contribution in [-0.4, -0.2) is 47.4 Å². The van der Waals surface area contributed by atoms with Gasteiger partial charge in [-0.05, 0) is 57.8 Å². The van der Waals surface area contributed by atoms with Crippen molar-refractivity contribution in [3.63, 3.8) is 0 Å². The molecule has 2 atom stereocenters. The molecule has 6 heteroatoms. The molecule has 0 aliphatic rings. The van der Waals surface area contributed by atoms with Gasteiger partial charge in [0.05, 0.1) is 25.4 Å². The zero-order valence-corrected chi connectivity index (χ0v) is 61.4. The number of aliphatic hydroxyl groups excluding tert-OH is 2. The highest BCUT2D eigenvalue weighted by Crippen LogP contribution is 2.21. The Balaban J connectivity index is 3.32. The van der Waals surface area contributed by atoms with Gasteiger partial charge in [0.1, 0.15) is 0 Å². The summed E-state index contributed by atoms with van der Waals surface area (Å²) >= 11 is 0. The second kappa shape index (κ2) is 79.8. The van der Waals surface area contributed by atoms with Crippen LogP contribution in [-0.2, 0) is 14.3 Å². The van der Waals surface area contributed by atoms with Crippen molar-refractivity contribution in [2.45, 2.75) is 488 Å². The lowest BCUT2D eigenvalue weighted by molar-refractivity contribution is -0.143. The van der Waals surface area contributed by atoms with E-state index in [9.17, 15) is 19.8 Å². The van der Waals surface area contributed by atoms with Gasteiger partial charge >= 0.3 is 5.97 Å². The van der Waals surface area contributed by atoms with Crippen LogP contribution in [0, 0.1) is 0 Å². The first-order chi connectivity index (χ1) is 44.5. The van der Waals surface area contributed by atoms with Crippen molar-refractivity contribution >= 4 is 11.9 Å². The summed E-state index contributed by atoms with van der Waals surface area (Å²) in [5.41, 5.74) is 0. The molecule has 90 heavy (non-hydrogen) atoms. The van der Waals surface area contributed by atoms with Crippen LogP contribution in [0.1, 0.15) is 476 Å². The molecule has 0 fully saturated rings. The second-order valence-corrected chi connectivity index (χ2v) is 28.8. The van der Waals surface area contributed by atoms with Crippen LogP contribution < -0.4 is 5.32 Å². The van der Waals surface area contributed by atoms with Crippen LogP contribution in [0.2, 0.25) is 0 Å². The molecule has 0 rings (SSSR count). The number of rotatable bonds is 79. The van der Waals surface area contributed by atoms with Crippen molar-refractivity contribution < 1.29 is 24.5 Å². The van der Waals surface area contributed by atoms with Crippen LogP contribution >= 0.6 is 0 Å². The predicted octanol–water partition coefficient (Wildman–Crippen LogP) is 27.6. The number of aliphatic hydroxyl groups is 2. The lowest BCUT2D eigenvalue weighted by Gasteiger charge is -2.22. The predicted molar refractivity (Wildman–Crippen MR) is 398 cm³/mol. The van der Waals surface area contributed by atoms with Gasteiger partial charge < -0.3 is 20.3 Å². The largest absolute Gasteiger partial charge is 0.466 e. The number of hydrogen-bond acceptors (Lipinski definition) is 5. The number of hydrogen-bond donors (Lipinski definition) is 3. The molecule has 0 heterocycles. The minimum Gasteiger partial charge on any atom is -0.466 e. The maximum Gasteiger partial charge on any atom is 0.305 e. The van der Waals surface area contributed by atoms with Gasteiger partial charge in [0, 0.05) is 12.8 Å². The van der Waals surface area contributed by atoms with Crippen LogP contribution in [0.3, 0.4) is 0 Å². The Morgan fingerprint density at radius 1 is 0.311 bits per heavy atom. The number of unbranched alkanes of at least 4 members (excludes halogenated alkanes) is 64. The topological polar surface area (TPSA) is 95.9 Å². The molecule has 0 aliphatic heterocycles. The van der Waals surface area contributed by atoms with Crippen LogP contribution in [0.15, 0.2) is 24.3 Å². The number of esters is 1. The Morgan fingerprint density at radius 2 is 0.556 bits per heavy atom. The molecule has 0 radical (unpaired) electrons. The highest BCUT2D eigenvalue weighted by atomic mass is 16.5. The number of ether oxygens (including phenoxy) is 1. The second-order valence-electron chi connectivity index (χ2n) is 28.8. The third kappa shape index (κ3) is 75.4. The van der Waals surface area contributed by atoms with Crippen molar-refractivity contribution in [3.8, 4) is 0 Å². The van der Waals surface area contributed by atoms with Crippen molar-refractivity contribution in [1.82, 2.24) is 5.32 Å². The smallest absolute Gasteiger partial charge is 0.305 e. The van der Waals surface area contributed by atoms with E-state index in [1.165, 1.54) is 392 Å². The number of amides is 1. The number of carbonyl (C=O) groups excluding carboxylic acids is 2. The van der Waals surface area contributed by atoms with Gasteiger partial charge in [-0.1, -0.05) is 430 Å². The molecule has 534 valence electrons. The highest BCUT2D eigenvalue weighted by Gasteiger charge is 2.20. The van der Waals surface area contributed by atoms with Crippen molar-refractivity contribution in [3.05, 3.63) is 24.3 Å². The quantitative estimate of drug-likeness (QED) is 0.0320. The molecular formula is C84H163NO5. The molecule has 0 aromatic carbocycles. The SMILES string of the molecule is CCCCCC/C=C\C/C=C\CCCCCCCCCC(=O)OCCCCCCCCCCCCCCCCCCCCCCCCCCCCCCCCCCCC(=O)NC(CO)C(O)CCCCCCCCCCCCCCCCCCCCCCCC. The van der Waals surface area contributed by atoms with Gasteiger partial charge in [-0.2, -0.15) is 0 Å². The summed E-state index contributed by atoms with van der Waals surface area (Å²) in [6, 6.07) is -0.539. The van der Waals surface area contributed by atoms with E-state index in [4.69, 9.17) is 4.74 Å². The molecule has 0 spiro atoms. The molecule has 0 aliphatic carbocycles. The number of allylic oxidation sites excluding steroid dienone is 4. The van der Waals surface area contributed by atoms with E-state index in [0.717, 1.165) is 51.4 Å². The zero-order valence-electron chi connectivity index (χ0n) is 61.4. The van der Waals surface area contributed by atoms with Crippen molar-refractivity contribution in [2.75, 3.05) is 13.2 Å². The lowest BCUT2D eigenvalue weighted by Crippen LogP contribution is -2.45. The average molecular weight is 1270 g/mol. The first-order valence-electron chi connectivity index (χ1n) is 41.6. The Labute approximate surface area is 564 Å². The van der Waals surface area contributed by atoms with Gasteiger partial charge in [0.15, 0.2) is 0 Å². The van der Waals surface area contributed by atoms with E-state index in [-0.39, 0.29) is 18.5 Å². The van der Waals surface area contributed by atoms with Gasteiger partial charge in [-0.15, -0.1) is 0 Å². The Bertz CT molecular complexity index is 1410. The summed E-state index contributed by atoms with van der Waals surface area (Å²) in [7, 11) is 0. The summed E-state index contributed by atoms with van der Waals surface area (Å²) in [6.07, 6.45) is 103. The maximum absolute atomic E-state index is 12.6. The zero-order chi connectivity index (χ0) is 64.9. The van der Waals surface area contributed by atoms with Gasteiger partial charge in [-0.25, -0.2) is 0 Å². The summed E-state index contributed by atoms with van der Waals surface area (Å²) < 4.78 is 5.51. The average Bonchev–Trinajstić information content (AvgIpc) is 3.59. The molecule has 1 amide bonds. The Kier molecular flexibility index (Phi) is 78.3. The normalized spacial score (nSPS) is 12.5. The molecule has 6 nitrogen and oxygen atoms in total. The van der Waals surface area contributed by atoms with E-state index >= 15 is 0 Å². The molecule has 0 bridgehead atoms. The minimum absolute atomic E-state index is 0.0155. The fraction of sp³-hybridized carbons (Fsp3) is 0.929. The van der Waals surface area contributed by atoms with Gasteiger partial charge in [0.2, 0.25) is 5.91 Å². The van der Waals surface area contributed by atoms with Crippen LogP contribution in [0.25, 0.3) is 0 Å². The summed E-state index contributed by atoms with van der Waals surface area (Å²) in [5, 5.41) is 23.5. The first kappa shape index (κ1) is 88.3. The third-order valence-electron chi connectivity index (χ3n) is 19.8. The lowest BCUT2D eigenvalue weighted by atomic mass is 10.0. The number of nitrogens with one attached hydrogen (secondary N) is 1. The van der Waals surface area contributed by atoms with E-state index in [1.807, 2.05) is 0 Å². The molecule has 0 saturated heterocycles. The van der Waals surface area contributed by atoms with Crippen molar-refractivity contribution in [2.24, 2.45) is 0 Å². The van der Waals surface area contributed by atoms with Gasteiger partial charge in [-0.3, -0.25) is 9.59 Å². The highest BCUT2D eigenvalue weighted by molar-refractivity contribution is 5.76. The fourth-order valence-electron chi connectivity index (χ4n) is 13.4. The van der Waals surface area contributed by atoms with E-state index in [0.29, 0.717) is 25.9 Å². The maximum atomic E-state index is 12.6. The summed E-state index contributed by atoms with van der Waals surface area (Å²) in [5.74, 6) is -0.00887. The summed E-state index contributed by atoms with van der Waals surface area (Å²) in [6.45, 7) is 4.99. The van der Waals surface area contributed by atoms with E-state index < -0.39 is 12.1 Å². The standard InChI is InChI=1S/C84H163NO5/c1-3-5-7-9-11-13-15-17-19-21-23-24-38-41-44-48-52-56-60-64-68-72-76-82(87)81(80-86)85-83(88)77-73-69-65-61-57-53-49-45-42-39-36-34-32-30-28-26-25-27-29-31-33-35-37-40-43-47-51-55-59-63-67-71-75-79-90-84(89)78-74-70-66-62-58-54-50-46-22-20-18-16-14-12-10-8-6-4-2/h14,16,20,22,81-82,86-87H,3-13,15,17-19,21,23-80H2,1-2H3,(H,85,88)/b16-14-,22-20-. The molecule has 2 unspecified atom stereocenters. The van der Waals surface area contributed by atoms with Gasteiger partial charge in [0.25, 0.3) is 0 Å². The fourth-order valence-corrected chi connectivity index (χ4v) is 13.4. The Hall–Kier alpha value is -1.66. The molecule has 0 aromatic heterocycles. The van der Waals surface area contributed by atoms with Crippen molar-refractivity contribution in [1.29, 1.82) is 0 Å². The molecule has 3 N–H and O–H groups in total. The minimum atomic E-state index is -0.662. The first-order valence-corrected chi connectivity index (χ1v) is 41.6. The van der Waals surface area contributed by atoms with Crippen LogP contribution in [0.4, 0.5) is 0 Å². The third-order valence-corrected chi connectivity index (χ3v) is 19.8. The molecular weight excluding hydrogens is 1100 g/mol. The Morgan fingerprint density at radius 3 is 0.856 bits per heavy atom. The number of carbonyl (C=O) groups is 2.